The zero-order chi connectivity index (χ0) is 10.9. The van der Waals surface area contributed by atoms with Crippen LogP contribution in [0.4, 0.5) is 0 Å². The van der Waals surface area contributed by atoms with E-state index in [2.05, 4.69) is 6.92 Å². The van der Waals surface area contributed by atoms with Crippen LogP contribution in [0.25, 0.3) is 0 Å². The first kappa shape index (κ1) is 11.4. The summed E-state index contributed by atoms with van der Waals surface area (Å²) in [6, 6.07) is 0. The summed E-state index contributed by atoms with van der Waals surface area (Å²) in [5.41, 5.74) is -0.756. The molecule has 0 saturated heterocycles. The first-order valence-electron chi connectivity index (χ1n) is 6.54. The van der Waals surface area contributed by atoms with Gasteiger partial charge in [-0.1, -0.05) is 26.2 Å². The summed E-state index contributed by atoms with van der Waals surface area (Å²) in [5, 5.41) is 20.4. The first-order valence-corrected chi connectivity index (χ1v) is 6.54. The molecule has 2 saturated carbocycles. The summed E-state index contributed by atoms with van der Waals surface area (Å²) in [6.45, 7) is 2.22. The van der Waals surface area contributed by atoms with Crippen LogP contribution >= 0.6 is 0 Å². The SMILES string of the molecule is CCC1CCC(O)(C(O)CC2CC2)CC1. The van der Waals surface area contributed by atoms with Gasteiger partial charge in [-0.05, 0) is 43.9 Å². The molecular formula is C13H24O2. The van der Waals surface area contributed by atoms with E-state index in [1.807, 2.05) is 0 Å². The van der Waals surface area contributed by atoms with Gasteiger partial charge in [-0.25, -0.2) is 0 Å². The largest absolute Gasteiger partial charge is 0.390 e. The second-order valence-electron chi connectivity index (χ2n) is 5.65. The second kappa shape index (κ2) is 4.42. The lowest BCUT2D eigenvalue weighted by Gasteiger charge is -2.39. The molecule has 2 aliphatic carbocycles. The molecule has 88 valence electrons. The Morgan fingerprint density at radius 3 is 2.20 bits per heavy atom. The Kier molecular flexibility index (Phi) is 3.36. The molecule has 2 N–H and O–H groups in total. The third-order valence-electron chi connectivity index (χ3n) is 4.42. The lowest BCUT2D eigenvalue weighted by atomic mass is 9.74. The van der Waals surface area contributed by atoms with Crippen LogP contribution in [0, 0.1) is 11.8 Å². The monoisotopic (exact) mass is 212 g/mol. The summed E-state index contributed by atoms with van der Waals surface area (Å²) < 4.78 is 0. The fraction of sp³-hybridized carbons (Fsp3) is 1.00. The van der Waals surface area contributed by atoms with Gasteiger partial charge in [0.2, 0.25) is 0 Å². The van der Waals surface area contributed by atoms with E-state index in [1.165, 1.54) is 19.3 Å². The molecule has 2 aliphatic rings. The van der Waals surface area contributed by atoms with Crippen molar-refractivity contribution in [1.29, 1.82) is 0 Å². The van der Waals surface area contributed by atoms with E-state index in [1.54, 1.807) is 0 Å². The number of rotatable bonds is 4. The minimum Gasteiger partial charge on any atom is -0.390 e. The molecule has 1 unspecified atom stereocenters. The van der Waals surface area contributed by atoms with Gasteiger partial charge in [-0.3, -0.25) is 0 Å². The van der Waals surface area contributed by atoms with Crippen molar-refractivity contribution in [3.05, 3.63) is 0 Å². The molecule has 2 heteroatoms. The molecule has 0 aliphatic heterocycles. The van der Waals surface area contributed by atoms with E-state index in [0.717, 1.165) is 38.0 Å². The normalized spacial score (nSPS) is 39.0. The standard InChI is InChI=1S/C13H24O2/c1-2-10-5-7-13(15,8-6-10)12(14)9-11-3-4-11/h10-12,14-15H,2-9H2,1H3. The van der Waals surface area contributed by atoms with E-state index in [0.29, 0.717) is 5.92 Å². The van der Waals surface area contributed by atoms with Crippen LogP contribution in [0.3, 0.4) is 0 Å². The quantitative estimate of drug-likeness (QED) is 0.751. The van der Waals surface area contributed by atoms with Crippen molar-refractivity contribution in [1.82, 2.24) is 0 Å². The molecular weight excluding hydrogens is 188 g/mol. The first-order chi connectivity index (χ1) is 7.14. The fourth-order valence-corrected chi connectivity index (χ4v) is 2.81. The van der Waals surface area contributed by atoms with Crippen LogP contribution in [-0.4, -0.2) is 21.9 Å². The maximum atomic E-state index is 10.4. The molecule has 15 heavy (non-hydrogen) atoms. The highest BCUT2D eigenvalue weighted by Crippen LogP contribution is 2.41. The Morgan fingerprint density at radius 2 is 1.73 bits per heavy atom. The lowest BCUT2D eigenvalue weighted by molar-refractivity contribution is -0.108. The maximum absolute atomic E-state index is 10.4. The zero-order valence-electron chi connectivity index (χ0n) is 9.78. The molecule has 0 radical (unpaired) electrons. The van der Waals surface area contributed by atoms with Gasteiger partial charge in [0.15, 0.2) is 0 Å². The van der Waals surface area contributed by atoms with Crippen LogP contribution in [0.5, 0.6) is 0 Å². The Bertz CT molecular complexity index is 203. The van der Waals surface area contributed by atoms with E-state index >= 15 is 0 Å². The molecule has 0 heterocycles. The average Bonchev–Trinajstić information content (AvgIpc) is 3.03. The molecule has 0 spiro atoms. The molecule has 0 bridgehead atoms. The molecule has 0 amide bonds. The van der Waals surface area contributed by atoms with Crippen molar-refractivity contribution in [2.24, 2.45) is 11.8 Å². The predicted molar refractivity (Wildman–Crippen MR) is 60.5 cm³/mol. The van der Waals surface area contributed by atoms with Gasteiger partial charge >= 0.3 is 0 Å². The average molecular weight is 212 g/mol. The van der Waals surface area contributed by atoms with Gasteiger partial charge < -0.3 is 10.2 Å². The van der Waals surface area contributed by atoms with E-state index in [4.69, 9.17) is 0 Å². The lowest BCUT2D eigenvalue weighted by Crippen LogP contribution is -2.45. The van der Waals surface area contributed by atoms with Crippen molar-refractivity contribution < 1.29 is 10.2 Å². The minimum atomic E-state index is -0.756. The molecule has 0 aromatic heterocycles. The maximum Gasteiger partial charge on any atom is 0.0905 e. The number of aliphatic hydroxyl groups is 2. The molecule has 2 fully saturated rings. The predicted octanol–water partition coefficient (Wildman–Crippen LogP) is 2.48. The van der Waals surface area contributed by atoms with Gasteiger partial charge in [0.1, 0.15) is 0 Å². The summed E-state index contributed by atoms with van der Waals surface area (Å²) in [5.74, 6) is 1.48. The zero-order valence-corrected chi connectivity index (χ0v) is 9.78. The van der Waals surface area contributed by atoms with Gasteiger partial charge in [0, 0.05) is 0 Å². The van der Waals surface area contributed by atoms with Crippen LogP contribution < -0.4 is 0 Å². The van der Waals surface area contributed by atoms with Crippen molar-refractivity contribution in [3.8, 4) is 0 Å². The Morgan fingerprint density at radius 1 is 1.13 bits per heavy atom. The summed E-state index contributed by atoms with van der Waals surface area (Å²) in [7, 11) is 0. The summed E-state index contributed by atoms with van der Waals surface area (Å²) in [6.07, 6.45) is 7.88. The highest BCUT2D eigenvalue weighted by Gasteiger charge is 2.41. The second-order valence-corrected chi connectivity index (χ2v) is 5.65. The molecule has 1 atom stereocenters. The van der Waals surface area contributed by atoms with Gasteiger partial charge in [-0.15, -0.1) is 0 Å². The van der Waals surface area contributed by atoms with Crippen molar-refractivity contribution >= 4 is 0 Å². The van der Waals surface area contributed by atoms with Gasteiger partial charge in [0.05, 0.1) is 11.7 Å². The minimum absolute atomic E-state index is 0.470. The van der Waals surface area contributed by atoms with Crippen LogP contribution in [0.15, 0.2) is 0 Å². The van der Waals surface area contributed by atoms with Crippen molar-refractivity contribution in [2.45, 2.75) is 70.0 Å². The number of aliphatic hydroxyl groups excluding tert-OH is 1. The van der Waals surface area contributed by atoms with Gasteiger partial charge in [0.25, 0.3) is 0 Å². The summed E-state index contributed by atoms with van der Waals surface area (Å²) in [4.78, 5) is 0. The number of hydrogen-bond donors (Lipinski definition) is 2. The highest BCUT2D eigenvalue weighted by molar-refractivity contribution is 4.93. The van der Waals surface area contributed by atoms with Crippen molar-refractivity contribution in [3.63, 3.8) is 0 Å². The molecule has 0 aromatic rings. The topological polar surface area (TPSA) is 40.5 Å². The van der Waals surface area contributed by atoms with E-state index < -0.39 is 11.7 Å². The molecule has 2 nitrogen and oxygen atoms in total. The van der Waals surface area contributed by atoms with E-state index in [-0.39, 0.29) is 0 Å². The Labute approximate surface area is 92.7 Å². The molecule has 0 aromatic carbocycles. The third kappa shape index (κ3) is 2.73. The van der Waals surface area contributed by atoms with Crippen molar-refractivity contribution in [2.75, 3.05) is 0 Å². The van der Waals surface area contributed by atoms with Gasteiger partial charge in [-0.2, -0.15) is 0 Å². The van der Waals surface area contributed by atoms with Crippen LogP contribution in [0.2, 0.25) is 0 Å². The third-order valence-corrected chi connectivity index (χ3v) is 4.42. The summed E-state index contributed by atoms with van der Waals surface area (Å²) >= 11 is 0. The van der Waals surface area contributed by atoms with Crippen LogP contribution in [0.1, 0.15) is 58.3 Å². The number of hydrogen-bond acceptors (Lipinski definition) is 2. The molecule has 2 rings (SSSR count). The smallest absolute Gasteiger partial charge is 0.0905 e. The highest BCUT2D eigenvalue weighted by atomic mass is 16.3. The fourth-order valence-electron chi connectivity index (χ4n) is 2.81. The Hall–Kier alpha value is -0.0800. The Balaban J connectivity index is 1.83. The van der Waals surface area contributed by atoms with E-state index in [9.17, 15) is 10.2 Å². The van der Waals surface area contributed by atoms with Crippen LogP contribution in [-0.2, 0) is 0 Å².